The summed E-state index contributed by atoms with van der Waals surface area (Å²) in [5, 5.41) is 3.37. The van der Waals surface area contributed by atoms with E-state index >= 15 is 0 Å². The molecule has 2 heterocycles. The SMILES string of the molecule is CCOC(=O)c1cc(C(C)C)sc1NC(=O)[C@H]1CCCO1. The van der Waals surface area contributed by atoms with Gasteiger partial charge in [0.15, 0.2) is 0 Å². The summed E-state index contributed by atoms with van der Waals surface area (Å²) in [5.74, 6) is -0.296. The summed E-state index contributed by atoms with van der Waals surface area (Å²) in [4.78, 5) is 25.2. The number of rotatable bonds is 5. The zero-order valence-corrected chi connectivity index (χ0v) is 13.4. The Hall–Kier alpha value is -1.40. The maximum Gasteiger partial charge on any atom is 0.341 e. The summed E-state index contributed by atoms with van der Waals surface area (Å²) < 4.78 is 10.4. The van der Waals surface area contributed by atoms with Gasteiger partial charge in [-0.05, 0) is 31.7 Å². The van der Waals surface area contributed by atoms with Crippen molar-refractivity contribution in [3.05, 3.63) is 16.5 Å². The molecule has 21 heavy (non-hydrogen) atoms. The Morgan fingerprint density at radius 1 is 1.52 bits per heavy atom. The maximum absolute atomic E-state index is 12.1. The van der Waals surface area contributed by atoms with Crippen molar-refractivity contribution >= 4 is 28.2 Å². The summed E-state index contributed by atoms with van der Waals surface area (Å²) in [6.45, 7) is 6.78. The molecule has 2 rings (SSSR count). The van der Waals surface area contributed by atoms with Crippen molar-refractivity contribution in [2.45, 2.75) is 45.6 Å². The number of carbonyl (C=O) groups is 2. The van der Waals surface area contributed by atoms with E-state index in [1.165, 1.54) is 11.3 Å². The molecule has 1 amide bonds. The average Bonchev–Trinajstić information content (AvgIpc) is 3.08. The van der Waals surface area contributed by atoms with E-state index in [0.717, 1.165) is 17.7 Å². The molecule has 6 heteroatoms. The molecular weight excluding hydrogens is 290 g/mol. The zero-order chi connectivity index (χ0) is 15.4. The number of carbonyl (C=O) groups excluding carboxylic acids is 2. The lowest BCUT2D eigenvalue weighted by Gasteiger charge is -2.10. The topological polar surface area (TPSA) is 64.6 Å². The molecule has 1 aromatic heterocycles. The van der Waals surface area contributed by atoms with Crippen LogP contribution in [0.2, 0.25) is 0 Å². The van der Waals surface area contributed by atoms with Gasteiger partial charge in [-0.3, -0.25) is 4.79 Å². The molecule has 1 fully saturated rings. The molecule has 116 valence electrons. The molecule has 5 nitrogen and oxygen atoms in total. The highest BCUT2D eigenvalue weighted by Crippen LogP contribution is 2.33. The van der Waals surface area contributed by atoms with Crippen LogP contribution in [0.15, 0.2) is 6.07 Å². The smallest absolute Gasteiger partial charge is 0.341 e. The predicted molar refractivity (Wildman–Crippen MR) is 82.0 cm³/mol. The standard InChI is InChI=1S/C15H21NO4S/c1-4-19-15(18)10-8-12(9(2)3)21-14(10)16-13(17)11-6-5-7-20-11/h8-9,11H,4-7H2,1-3H3,(H,16,17)/t11-/m1/s1. The molecule has 0 saturated carbocycles. The zero-order valence-electron chi connectivity index (χ0n) is 12.6. The molecule has 1 aromatic rings. The third-order valence-corrected chi connectivity index (χ3v) is 4.63. The summed E-state index contributed by atoms with van der Waals surface area (Å²) in [6, 6.07) is 1.80. The molecule has 0 aliphatic carbocycles. The molecule has 1 aliphatic heterocycles. The van der Waals surface area contributed by atoms with Crippen LogP contribution in [-0.4, -0.2) is 31.2 Å². The number of thiophene rings is 1. The van der Waals surface area contributed by atoms with Gasteiger partial charge in [0, 0.05) is 11.5 Å². The van der Waals surface area contributed by atoms with E-state index in [1.54, 1.807) is 13.0 Å². The van der Waals surface area contributed by atoms with Crippen LogP contribution in [0.3, 0.4) is 0 Å². The van der Waals surface area contributed by atoms with Crippen molar-refractivity contribution in [2.24, 2.45) is 0 Å². The van der Waals surface area contributed by atoms with Gasteiger partial charge >= 0.3 is 5.97 Å². The highest BCUT2D eigenvalue weighted by molar-refractivity contribution is 7.16. The second-order valence-electron chi connectivity index (χ2n) is 5.26. The Morgan fingerprint density at radius 2 is 2.29 bits per heavy atom. The van der Waals surface area contributed by atoms with Crippen molar-refractivity contribution in [1.82, 2.24) is 0 Å². The van der Waals surface area contributed by atoms with Crippen molar-refractivity contribution in [2.75, 3.05) is 18.5 Å². The fourth-order valence-electron chi connectivity index (χ4n) is 2.12. The van der Waals surface area contributed by atoms with E-state index in [9.17, 15) is 9.59 Å². The first-order valence-electron chi connectivity index (χ1n) is 7.26. The average molecular weight is 311 g/mol. The first-order valence-corrected chi connectivity index (χ1v) is 8.07. The summed E-state index contributed by atoms with van der Waals surface area (Å²) >= 11 is 1.42. The van der Waals surface area contributed by atoms with Crippen molar-refractivity contribution in [3.8, 4) is 0 Å². The molecule has 0 bridgehead atoms. The Kier molecular flexibility index (Phi) is 5.36. The van der Waals surface area contributed by atoms with Crippen LogP contribution in [0.5, 0.6) is 0 Å². The van der Waals surface area contributed by atoms with Crippen molar-refractivity contribution in [3.63, 3.8) is 0 Å². The first-order chi connectivity index (χ1) is 10.0. The first kappa shape index (κ1) is 16.0. The molecule has 0 radical (unpaired) electrons. The lowest BCUT2D eigenvalue weighted by atomic mass is 10.1. The van der Waals surface area contributed by atoms with Gasteiger partial charge in [0.05, 0.1) is 12.2 Å². The number of ether oxygens (including phenoxy) is 2. The van der Waals surface area contributed by atoms with Gasteiger partial charge in [-0.25, -0.2) is 4.79 Å². The predicted octanol–water partition coefficient (Wildman–Crippen LogP) is 3.17. The molecule has 0 spiro atoms. The second kappa shape index (κ2) is 7.04. The molecule has 1 saturated heterocycles. The molecule has 0 aromatic carbocycles. The van der Waals surface area contributed by atoms with Crippen LogP contribution < -0.4 is 5.32 Å². The highest BCUT2D eigenvalue weighted by atomic mass is 32.1. The van der Waals surface area contributed by atoms with Crippen LogP contribution in [0.4, 0.5) is 5.00 Å². The minimum Gasteiger partial charge on any atom is -0.462 e. The lowest BCUT2D eigenvalue weighted by Crippen LogP contribution is -2.27. The van der Waals surface area contributed by atoms with E-state index in [1.807, 2.05) is 13.8 Å². The fourth-order valence-corrected chi connectivity index (χ4v) is 3.18. The Labute approximate surface area is 128 Å². The van der Waals surface area contributed by atoms with Crippen molar-refractivity contribution in [1.29, 1.82) is 0 Å². The van der Waals surface area contributed by atoms with Crippen molar-refractivity contribution < 1.29 is 19.1 Å². The third-order valence-electron chi connectivity index (χ3n) is 3.27. The number of amides is 1. The van der Waals surface area contributed by atoms with Gasteiger partial charge in [-0.15, -0.1) is 11.3 Å². The third kappa shape index (κ3) is 3.83. The number of hydrogen-bond acceptors (Lipinski definition) is 5. The minimum absolute atomic E-state index is 0.185. The number of hydrogen-bond donors (Lipinski definition) is 1. The van der Waals surface area contributed by atoms with Gasteiger partial charge in [-0.1, -0.05) is 13.8 Å². The van der Waals surface area contributed by atoms with E-state index in [0.29, 0.717) is 23.8 Å². The quantitative estimate of drug-likeness (QED) is 0.848. The number of esters is 1. The fraction of sp³-hybridized carbons (Fsp3) is 0.600. The van der Waals surface area contributed by atoms with Crippen LogP contribution in [0.1, 0.15) is 54.8 Å². The Morgan fingerprint density at radius 3 is 2.86 bits per heavy atom. The van der Waals surface area contributed by atoms with E-state index in [4.69, 9.17) is 9.47 Å². The van der Waals surface area contributed by atoms with Gasteiger partial charge < -0.3 is 14.8 Å². The Bertz CT molecular complexity index is 518. The molecule has 1 aliphatic rings. The van der Waals surface area contributed by atoms with E-state index < -0.39 is 12.1 Å². The van der Waals surface area contributed by atoms with Gasteiger partial charge in [0.2, 0.25) is 0 Å². The maximum atomic E-state index is 12.1. The van der Waals surface area contributed by atoms with Crippen LogP contribution in [0.25, 0.3) is 0 Å². The number of nitrogens with one attached hydrogen (secondary N) is 1. The molecular formula is C15H21NO4S. The van der Waals surface area contributed by atoms with E-state index in [2.05, 4.69) is 5.32 Å². The lowest BCUT2D eigenvalue weighted by molar-refractivity contribution is -0.124. The number of anilines is 1. The molecule has 1 N–H and O–H groups in total. The van der Waals surface area contributed by atoms with Crippen LogP contribution in [0, 0.1) is 0 Å². The highest BCUT2D eigenvalue weighted by Gasteiger charge is 2.26. The Balaban J connectivity index is 2.19. The van der Waals surface area contributed by atoms with Gasteiger partial charge in [0.25, 0.3) is 5.91 Å². The molecule has 1 atom stereocenters. The second-order valence-corrected chi connectivity index (χ2v) is 6.34. The summed E-state index contributed by atoms with van der Waals surface area (Å²) in [6.07, 6.45) is 1.21. The van der Waals surface area contributed by atoms with E-state index in [-0.39, 0.29) is 11.8 Å². The summed E-state index contributed by atoms with van der Waals surface area (Å²) in [7, 11) is 0. The van der Waals surface area contributed by atoms with Gasteiger partial charge in [-0.2, -0.15) is 0 Å². The normalized spacial score (nSPS) is 18.0. The van der Waals surface area contributed by atoms with Crippen LogP contribution in [-0.2, 0) is 14.3 Å². The van der Waals surface area contributed by atoms with Crippen LogP contribution >= 0.6 is 11.3 Å². The monoisotopic (exact) mass is 311 g/mol. The minimum atomic E-state index is -0.412. The molecule has 0 unspecified atom stereocenters. The van der Waals surface area contributed by atoms with Gasteiger partial charge in [0.1, 0.15) is 11.1 Å². The largest absolute Gasteiger partial charge is 0.462 e. The summed E-state index contributed by atoms with van der Waals surface area (Å²) in [5.41, 5.74) is 0.428.